The molecular weight excluding hydrogens is 225 g/mol. The molecule has 0 aliphatic carbocycles. The molecule has 1 aromatic carbocycles. The fourth-order valence-electron chi connectivity index (χ4n) is 1.13. The minimum absolute atomic E-state index is 0.579. The summed E-state index contributed by atoms with van der Waals surface area (Å²) in [5, 5.41) is 9.15. The normalized spacial score (nSPS) is 11.2. The molecule has 0 aliphatic rings. The second-order valence-corrected chi connectivity index (χ2v) is 3.00. The lowest BCUT2D eigenvalue weighted by Crippen LogP contribution is -2.17. The van der Waals surface area contributed by atoms with Crippen molar-refractivity contribution in [1.29, 1.82) is 0 Å². The van der Waals surface area contributed by atoms with Crippen molar-refractivity contribution in [3.8, 4) is 5.75 Å². The Bertz CT molecular complexity index is 449. The molecule has 1 N–H and O–H groups in total. The quantitative estimate of drug-likeness (QED) is 0.625. The molecule has 85 valence electrons. The minimum atomic E-state index is -4.81. The van der Waals surface area contributed by atoms with Crippen LogP contribution in [0, 0.1) is 6.07 Å². The van der Waals surface area contributed by atoms with E-state index in [9.17, 15) is 22.8 Å². The molecule has 0 fully saturated rings. The number of phenols is 1. The number of hydrogen-bond acceptors (Lipinski definition) is 3. The summed E-state index contributed by atoms with van der Waals surface area (Å²) >= 11 is 0. The molecule has 0 bridgehead atoms. The van der Waals surface area contributed by atoms with Crippen LogP contribution in [-0.2, 0) is 11.0 Å². The molecule has 0 heterocycles. The Balaban J connectivity index is 3.47. The average Bonchev–Trinajstić information content (AvgIpc) is 2.14. The number of hydrogen-bond donors (Lipinski definition) is 1. The van der Waals surface area contributed by atoms with E-state index >= 15 is 0 Å². The Morgan fingerprint density at radius 3 is 2.38 bits per heavy atom. The molecule has 0 spiro atoms. The second-order valence-electron chi connectivity index (χ2n) is 3.00. The van der Waals surface area contributed by atoms with Crippen LogP contribution in [0.3, 0.4) is 0 Å². The fraction of sp³-hybridized carbons (Fsp3) is 0.200. The van der Waals surface area contributed by atoms with Gasteiger partial charge in [0.1, 0.15) is 5.75 Å². The van der Waals surface area contributed by atoms with E-state index in [0.29, 0.717) is 6.07 Å². The van der Waals surface area contributed by atoms with Crippen LogP contribution in [-0.4, -0.2) is 16.7 Å². The summed E-state index contributed by atoms with van der Waals surface area (Å²) in [6, 6.07) is 3.44. The van der Waals surface area contributed by atoms with E-state index in [0.717, 1.165) is 13.0 Å². The zero-order chi connectivity index (χ0) is 12.5. The molecule has 1 rings (SSSR count). The first-order valence-electron chi connectivity index (χ1n) is 4.11. The van der Waals surface area contributed by atoms with E-state index in [2.05, 4.69) is 0 Å². The second kappa shape index (κ2) is 3.96. The summed E-state index contributed by atoms with van der Waals surface area (Å²) in [4.78, 5) is 21.9. The van der Waals surface area contributed by atoms with E-state index in [4.69, 9.17) is 5.11 Å². The van der Waals surface area contributed by atoms with E-state index in [-0.39, 0.29) is 0 Å². The molecule has 0 saturated heterocycles. The molecular formula is C10H6F3O3. The topological polar surface area (TPSA) is 54.4 Å². The molecule has 16 heavy (non-hydrogen) atoms. The molecule has 0 atom stereocenters. The third kappa shape index (κ3) is 2.21. The minimum Gasteiger partial charge on any atom is -0.507 e. The maximum absolute atomic E-state index is 12.5. The van der Waals surface area contributed by atoms with Crippen molar-refractivity contribution in [2.75, 3.05) is 0 Å². The summed E-state index contributed by atoms with van der Waals surface area (Å²) in [5.74, 6) is -3.45. The number of aromatic hydroxyl groups is 1. The van der Waals surface area contributed by atoms with Gasteiger partial charge >= 0.3 is 6.18 Å². The third-order valence-electron chi connectivity index (χ3n) is 1.83. The Morgan fingerprint density at radius 2 is 1.94 bits per heavy atom. The van der Waals surface area contributed by atoms with E-state index < -0.39 is 34.6 Å². The number of halogens is 3. The van der Waals surface area contributed by atoms with Crippen molar-refractivity contribution in [2.45, 2.75) is 13.1 Å². The molecule has 0 amide bonds. The van der Waals surface area contributed by atoms with Gasteiger partial charge in [-0.15, -0.1) is 0 Å². The first-order chi connectivity index (χ1) is 7.25. The Labute approximate surface area is 88.5 Å². The number of ketones is 2. The first kappa shape index (κ1) is 12.2. The van der Waals surface area contributed by atoms with Crippen LogP contribution in [0.1, 0.15) is 22.8 Å². The van der Waals surface area contributed by atoms with Crippen molar-refractivity contribution < 1.29 is 27.9 Å². The number of rotatable bonds is 2. The van der Waals surface area contributed by atoms with Gasteiger partial charge in [-0.05, 0) is 12.1 Å². The smallest absolute Gasteiger partial charge is 0.417 e. The number of carbonyl (C=O) groups is 2. The van der Waals surface area contributed by atoms with Gasteiger partial charge in [0.2, 0.25) is 5.78 Å². The summed E-state index contributed by atoms with van der Waals surface area (Å²) in [6.45, 7) is 0.828. The highest BCUT2D eigenvalue weighted by Crippen LogP contribution is 2.35. The summed E-state index contributed by atoms with van der Waals surface area (Å²) in [7, 11) is 0. The number of carbonyl (C=O) groups excluding carboxylic acids is 2. The van der Waals surface area contributed by atoms with Gasteiger partial charge in [0.25, 0.3) is 0 Å². The van der Waals surface area contributed by atoms with Crippen molar-refractivity contribution in [1.82, 2.24) is 0 Å². The Hall–Kier alpha value is -1.85. The molecule has 0 saturated carbocycles. The van der Waals surface area contributed by atoms with Crippen LogP contribution in [0.25, 0.3) is 0 Å². The van der Waals surface area contributed by atoms with Crippen LogP contribution in [0.2, 0.25) is 0 Å². The molecule has 0 unspecified atom stereocenters. The number of phenolic OH excluding ortho intramolecular Hbond substituents is 1. The molecule has 0 aromatic heterocycles. The van der Waals surface area contributed by atoms with Gasteiger partial charge in [0.15, 0.2) is 5.78 Å². The van der Waals surface area contributed by atoms with Crippen molar-refractivity contribution >= 4 is 11.6 Å². The third-order valence-corrected chi connectivity index (χ3v) is 1.83. The number of alkyl halides is 3. The van der Waals surface area contributed by atoms with E-state index in [1.165, 1.54) is 0 Å². The molecule has 3 nitrogen and oxygen atoms in total. The standard InChI is InChI=1S/C10H6F3O3/c1-5(14)9(16)8-6(10(11,12)13)3-2-4-7(8)15/h2-3,15H,1H3. The number of Topliss-reactive ketones (excluding diaryl/α,β-unsaturated/α-hetero) is 2. The highest BCUT2D eigenvalue weighted by atomic mass is 19.4. The maximum Gasteiger partial charge on any atom is 0.417 e. The van der Waals surface area contributed by atoms with Gasteiger partial charge in [-0.3, -0.25) is 9.59 Å². The van der Waals surface area contributed by atoms with E-state index in [1.807, 2.05) is 6.07 Å². The van der Waals surface area contributed by atoms with Gasteiger partial charge in [0.05, 0.1) is 11.1 Å². The summed E-state index contributed by atoms with van der Waals surface area (Å²) in [6.07, 6.45) is -4.81. The monoisotopic (exact) mass is 231 g/mol. The lowest BCUT2D eigenvalue weighted by atomic mass is 10.00. The van der Waals surface area contributed by atoms with Crippen LogP contribution in [0.4, 0.5) is 13.2 Å². The average molecular weight is 231 g/mol. The number of benzene rings is 1. The molecule has 6 heteroatoms. The first-order valence-corrected chi connectivity index (χ1v) is 4.11. The summed E-state index contributed by atoms with van der Waals surface area (Å²) in [5.41, 5.74) is -2.40. The van der Waals surface area contributed by atoms with Gasteiger partial charge in [-0.25, -0.2) is 0 Å². The van der Waals surface area contributed by atoms with Crippen molar-refractivity contribution in [3.63, 3.8) is 0 Å². The Morgan fingerprint density at radius 1 is 1.38 bits per heavy atom. The van der Waals surface area contributed by atoms with Gasteiger partial charge in [0, 0.05) is 13.0 Å². The van der Waals surface area contributed by atoms with Crippen LogP contribution in [0.15, 0.2) is 12.1 Å². The highest BCUT2D eigenvalue weighted by Gasteiger charge is 2.37. The van der Waals surface area contributed by atoms with Crippen molar-refractivity contribution in [3.05, 3.63) is 29.3 Å². The fourth-order valence-corrected chi connectivity index (χ4v) is 1.13. The van der Waals surface area contributed by atoms with Gasteiger partial charge in [-0.1, -0.05) is 0 Å². The summed E-state index contributed by atoms with van der Waals surface area (Å²) < 4.78 is 37.4. The molecule has 1 aromatic rings. The predicted molar refractivity (Wildman–Crippen MR) is 47.0 cm³/mol. The lowest BCUT2D eigenvalue weighted by Gasteiger charge is -2.11. The largest absolute Gasteiger partial charge is 0.507 e. The van der Waals surface area contributed by atoms with Crippen molar-refractivity contribution in [2.24, 2.45) is 0 Å². The zero-order valence-electron chi connectivity index (χ0n) is 8.05. The SMILES string of the molecule is CC(=O)C(=O)c1c(O)[c]ccc1C(F)(F)F. The highest BCUT2D eigenvalue weighted by molar-refractivity contribution is 6.43. The van der Waals surface area contributed by atoms with Gasteiger partial charge in [-0.2, -0.15) is 13.2 Å². The maximum atomic E-state index is 12.5. The zero-order valence-corrected chi connectivity index (χ0v) is 8.05. The molecule has 1 radical (unpaired) electrons. The van der Waals surface area contributed by atoms with Gasteiger partial charge < -0.3 is 5.11 Å². The predicted octanol–water partition coefficient (Wildman–Crippen LogP) is 1.98. The van der Waals surface area contributed by atoms with Crippen LogP contribution < -0.4 is 0 Å². The molecule has 0 aliphatic heterocycles. The van der Waals surface area contributed by atoms with Crippen LogP contribution >= 0.6 is 0 Å². The lowest BCUT2D eigenvalue weighted by molar-refractivity contribution is -0.138. The van der Waals surface area contributed by atoms with E-state index in [1.54, 1.807) is 0 Å². The van der Waals surface area contributed by atoms with Crippen LogP contribution in [0.5, 0.6) is 5.75 Å². The Kier molecular flexibility index (Phi) is 3.02.